The standard InChI is InChI=1S/C13H9Cl3N2O3/c14-8-2-1-7(6-17)12(3-8)21-13-5-10(16)9(15)4-11(13)18(19)20/h1-5H,6,17H2. The van der Waals surface area contributed by atoms with E-state index in [1.807, 2.05) is 0 Å². The molecule has 0 aliphatic heterocycles. The van der Waals surface area contributed by atoms with Gasteiger partial charge < -0.3 is 10.5 Å². The number of rotatable bonds is 4. The fourth-order valence-electron chi connectivity index (χ4n) is 1.65. The van der Waals surface area contributed by atoms with E-state index in [0.29, 0.717) is 16.3 Å². The summed E-state index contributed by atoms with van der Waals surface area (Å²) in [6, 6.07) is 7.27. The van der Waals surface area contributed by atoms with Crippen LogP contribution in [0.15, 0.2) is 30.3 Å². The molecule has 2 N–H and O–H groups in total. The zero-order chi connectivity index (χ0) is 15.6. The van der Waals surface area contributed by atoms with Gasteiger partial charge in [0.1, 0.15) is 5.75 Å². The second-order valence-electron chi connectivity index (χ2n) is 4.05. The van der Waals surface area contributed by atoms with Gasteiger partial charge in [0.05, 0.1) is 15.0 Å². The molecule has 0 amide bonds. The molecule has 0 saturated heterocycles. The van der Waals surface area contributed by atoms with Crippen molar-refractivity contribution in [1.82, 2.24) is 0 Å². The summed E-state index contributed by atoms with van der Waals surface area (Å²) in [5.41, 5.74) is 5.96. The van der Waals surface area contributed by atoms with Gasteiger partial charge >= 0.3 is 5.69 Å². The Hall–Kier alpha value is -1.53. The van der Waals surface area contributed by atoms with Crippen LogP contribution in [-0.4, -0.2) is 4.92 Å². The molecule has 0 atom stereocenters. The average molecular weight is 348 g/mol. The second-order valence-corrected chi connectivity index (χ2v) is 5.30. The summed E-state index contributed by atoms with van der Waals surface area (Å²) in [4.78, 5) is 10.5. The lowest BCUT2D eigenvalue weighted by molar-refractivity contribution is -0.385. The van der Waals surface area contributed by atoms with E-state index in [4.69, 9.17) is 45.3 Å². The van der Waals surface area contributed by atoms with Crippen LogP contribution in [0.5, 0.6) is 11.5 Å². The number of nitrogens with zero attached hydrogens (tertiary/aromatic N) is 1. The van der Waals surface area contributed by atoms with Crippen molar-refractivity contribution in [2.24, 2.45) is 5.73 Å². The van der Waals surface area contributed by atoms with Crippen LogP contribution in [0.25, 0.3) is 0 Å². The number of hydrogen-bond acceptors (Lipinski definition) is 4. The monoisotopic (exact) mass is 346 g/mol. The van der Waals surface area contributed by atoms with Gasteiger partial charge in [-0.3, -0.25) is 10.1 Å². The minimum absolute atomic E-state index is 0.0358. The van der Waals surface area contributed by atoms with Gasteiger partial charge in [-0.05, 0) is 12.1 Å². The zero-order valence-corrected chi connectivity index (χ0v) is 12.7. The number of ether oxygens (including phenoxy) is 1. The molecule has 110 valence electrons. The molecule has 0 heterocycles. The summed E-state index contributed by atoms with van der Waals surface area (Å²) >= 11 is 17.6. The summed E-state index contributed by atoms with van der Waals surface area (Å²) < 4.78 is 5.56. The Bertz CT molecular complexity index is 707. The predicted molar refractivity (Wildman–Crippen MR) is 82.5 cm³/mol. The van der Waals surface area contributed by atoms with E-state index in [2.05, 4.69) is 0 Å². The largest absolute Gasteiger partial charge is 0.450 e. The van der Waals surface area contributed by atoms with E-state index >= 15 is 0 Å². The summed E-state index contributed by atoms with van der Waals surface area (Å²) in [7, 11) is 0. The number of halogens is 3. The summed E-state index contributed by atoms with van der Waals surface area (Å²) in [6.45, 7) is 0.196. The highest BCUT2D eigenvalue weighted by molar-refractivity contribution is 6.42. The van der Waals surface area contributed by atoms with Gasteiger partial charge in [0.15, 0.2) is 0 Å². The lowest BCUT2D eigenvalue weighted by atomic mass is 10.2. The van der Waals surface area contributed by atoms with Crippen molar-refractivity contribution < 1.29 is 9.66 Å². The Morgan fingerprint density at radius 3 is 2.38 bits per heavy atom. The van der Waals surface area contributed by atoms with Crippen molar-refractivity contribution in [3.8, 4) is 11.5 Å². The molecule has 21 heavy (non-hydrogen) atoms. The van der Waals surface area contributed by atoms with Crippen molar-refractivity contribution in [2.75, 3.05) is 0 Å². The van der Waals surface area contributed by atoms with E-state index in [1.165, 1.54) is 12.1 Å². The van der Waals surface area contributed by atoms with Gasteiger partial charge in [-0.15, -0.1) is 0 Å². The summed E-state index contributed by atoms with van der Waals surface area (Å²) in [5, 5.41) is 11.7. The smallest absolute Gasteiger partial charge is 0.313 e. The van der Waals surface area contributed by atoms with Gasteiger partial charge in [-0.25, -0.2) is 0 Å². The molecule has 0 spiro atoms. The van der Waals surface area contributed by atoms with Crippen LogP contribution >= 0.6 is 34.8 Å². The van der Waals surface area contributed by atoms with Crippen LogP contribution in [0.1, 0.15) is 5.56 Å². The van der Waals surface area contributed by atoms with E-state index in [1.54, 1.807) is 12.1 Å². The molecule has 2 aromatic rings. The van der Waals surface area contributed by atoms with Crippen LogP contribution < -0.4 is 10.5 Å². The molecule has 2 rings (SSSR count). The Balaban J connectivity index is 2.51. The molecule has 0 saturated carbocycles. The molecule has 0 aliphatic carbocycles. The summed E-state index contributed by atoms with van der Waals surface area (Å²) in [5.74, 6) is 0.290. The number of nitrogens with two attached hydrogens (primary N) is 1. The Morgan fingerprint density at radius 1 is 1.10 bits per heavy atom. The number of hydrogen-bond donors (Lipinski definition) is 1. The van der Waals surface area contributed by atoms with Crippen molar-refractivity contribution in [3.05, 3.63) is 61.1 Å². The van der Waals surface area contributed by atoms with E-state index in [0.717, 1.165) is 6.07 Å². The summed E-state index contributed by atoms with van der Waals surface area (Å²) in [6.07, 6.45) is 0. The van der Waals surface area contributed by atoms with Crippen LogP contribution in [0.4, 0.5) is 5.69 Å². The molecular formula is C13H9Cl3N2O3. The number of nitro benzene ring substituents is 1. The Morgan fingerprint density at radius 2 is 1.76 bits per heavy atom. The fourth-order valence-corrected chi connectivity index (χ4v) is 2.13. The first kappa shape index (κ1) is 15.9. The Kier molecular flexibility index (Phi) is 4.90. The molecule has 0 aromatic heterocycles. The molecular weight excluding hydrogens is 339 g/mol. The number of nitro groups is 1. The quantitative estimate of drug-likeness (QED) is 0.636. The maximum Gasteiger partial charge on any atom is 0.313 e. The van der Waals surface area contributed by atoms with Crippen LogP contribution in [0.2, 0.25) is 15.1 Å². The van der Waals surface area contributed by atoms with Crippen molar-refractivity contribution in [2.45, 2.75) is 6.54 Å². The van der Waals surface area contributed by atoms with Gasteiger partial charge in [0.2, 0.25) is 5.75 Å². The van der Waals surface area contributed by atoms with Gasteiger partial charge in [0, 0.05) is 29.3 Å². The van der Waals surface area contributed by atoms with Crippen molar-refractivity contribution >= 4 is 40.5 Å². The first-order valence-electron chi connectivity index (χ1n) is 5.72. The first-order chi connectivity index (χ1) is 9.92. The second kappa shape index (κ2) is 6.49. The van der Waals surface area contributed by atoms with Crippen LogP contribution in [-0.2, 0) is 6.54 Å². The average Bonchev–Trinajstić information content (AvgIpc) is 2.42. The molecule has 0 unspecified atom stereocenters. The fraction of sp³-hybridized carbons (Fsp3) is 0.0769. The molecule has 0 radical (unpaired) electrons. The van der Waals surface area contributed by atoms with Crippen molar-refractivity contribution in [3.63, 3.8) is 0 Å². The van der Waals surface area contributed by atoms with Gasteiger partial charge in [0.25, 0.3) is 0 Å². The van der Waals surface area contributed by atoms with Gasteiger partial charge in [-0.2, -0.15) is 0 Å². The highest BCUT2D eigenvalue weighted by Gasteiger charge is 2.20. The van der Waals surface area contributed by atoms with E-state index in [-0.39, 0.29) is 28.0 Å². The maximum absolute atomic E-state index is 11.1. The van der Waals surface area contributed by atoms with Crippen LogP contribution in [0, 0.1) is 10.1 Å². The molecule has 5 nitrogen and oxygen atoms in total. The SMILES string of the molecule is NCc1ccc(Cl)cc1Oc1cc(Cl)c(Cl)cc1[N+](=O)[O-]. The Labute approximate surface area is 135 Å². The first-order valence-corrected chi connectivity index (χ1v) is 6.85. The van der Waals surface area contributed by atoms with Crippen molar-refractivity contribution in [1.29, 1.82) is 0 Å². The normalized spacial score (nSPS) is 10.5. The molecule has 0 aliphatic rings. The topological polar surface area (TPSA) is 78.4 Å². The third kappa shape index (κ3) is 3.57. The zero-order valence-electron chi connectivity index (χ0n) is 10.5. The van der Waals surface area contributed by atoms with Crippen LogP contribution in [0.3, 0.4) is 0 Å². The minimum Gasteiger partial charge on any atom is -0.450 e. The van der Waals surface area contributed by atoms with Gasteiger partial charge in [-0.1, -0.05) is 40.9 Å². The van der Waals surface area contributed by atoms with E-state index in [9.17, 15) is 10.1 Å². The lowest BCUT2D eigenvalue weighted by Crippen LogP contribution is -2.00. The molecule has 0 fully saturated rings. The third-order valence-corrected chi connectivity index (χ3v) is 3.62. The third-order valence-electron chi connectivity index (χ3n) is 2.67. The highest BCUT2D eigenvalue weighted by atomic mass is 35.5. The maximum atomic E-state index is 11.1. The molecule has 8 heteroatoms. The van der Waals surface area contributed by atoms with E-state index < -0.39 is 4.92 Å². The predicted octanol–water partition coefficient (Wildman–Crippen LogP) is 4.81. The molecule has 2 aromatic carbocycles. The minimum atomic E-state index is -0.607. The lowest BCUT2D eigenvalue weighted by Gasteiger charge is -2.11. The number of benzene rings is 2. The highest BCUT2D eigenvalue weighted by Crippen LogP contribution is 2.39. The molecule has 0 bridgehead atoms.